The number of halogens is 4. The van der Waals surface area contributed by atoms with Crippen LogP contribution in [0, 0.1) is 6.92 Å². The number of amides is 1. The lowest BCUT2D eigenvalue weighted by molar-refractivity contribution is 0.0520. The van der Waals surface area contributed by atoms with Gasteiger partial charge in [-0.05, 0) is 30.7 Å². The second-order valence-electron chi connectivity index (χ2n) is 5.46. The van der Waals surface area contributed by atoms with E-state index in [1.54, 1.807) is 35.9 Å². The Labute approximate surface area is 157 Å². The monoisotopic (exact) mass is 399 g/mol. The third kappa shape index (κ3) is 3.86. The van der Waals surface area contributed by atoms with E-state index < -0.39 is 12.5 Å². The second-order valence-corrected chi connectivity index (χ2v) is 6.30. The minimum Gasteiger partial charge on any atom is -0.304 e. The Morgan fingerprint density at radius 1 is 1.27 bits per heavy atom. The van der Waals surface area contributed by atoms with Crippen molar-refractivity contribution in [3.05, 3.63) is 63.5 Å². The van der Waals surface area contributed by atoms with E-state index in [-0.39, 0.29) is 11.5 Å². The lowest BCUT2D eigenvalue weighted by atomic mass is 10.2. The first kappa shape index (κ1) is 18.3. The number of aromatic nitrogens is 4. The first-order chi connectivity index (χ1) is 12.3. The van der Waals surface area contributed by atoms with Gasteiger partial charge < -0.3 is 5.32 Å². The number of carbonyl (C=O) groups excluding carboxylic acids is 1. The fourth-order valence-corrected chi connectivity index (χ4v) is 2.84. The molecule has 2 heterocycles. The predicted octanol–water partition coefficient (Wildman–Crippen LogP) is 4.39. The van der Waals surface area contributed by atoms with Crippen LogP contribution in [0.3, 0.4) is 0 Å². The number of anilines is 1. The average molecular weight is 400 g/mol. The van der Waals surface area contributed by atoms with Gasteiger partial charge in [-0.3, -0.25) is 9.48 Å². The topological polar surface area (TPSA) is 64.7 Å². The van der Waals surface area contributed by atoms with Crippen molar-refractivity contribution in [3.8, 4) is 0 Å². The van der Waals surface area contributed by atoms with Crippen LogP contribution in [0.15, 0.2) is 36.5 Å². The maximum atomic E-state index is 12.8. The molecule has 0 aliphatic heterocycles. The van der Waals surface area contributed by atoms with Gasteiger partial charge in [-0.1, -0.05) is 29.3 Å². The first-order valence-electron chi connectivity index (χ1n) is 7.46. The van der Waals surface area contributed by atoms with E-state index in [2.05, 4.69) is 15.5 Å². The van der Waals surface area contributed by atoms with Crippen molar-refractivity contribution >= 4 is 34.9 Å². The zero-order valence-corrected chi connectivity index (χ0v) is 15.0. The summed E-state index contributed by atoms with van der Waals surface area (Å²) in [4.78, 5) is 12.2. The van der Waals surface area contributed by atoms with Crippen molar-refractivity contribution in [1.82, 2.24) is 19.6 Å². The van der Waals surface area contributed by atoms with Gasteiger partial charge in [0.05, 0.1) is 6.54 Å². The van der Waals surface area contributed by atoms with Crippen LogP contribution in [0.4, 0.5) is 14.6 Å². The van der Waals surface area contributed by atoms with Crippen LogP contribution in [0.1, 0.15) is 28.3 Å². The van der Waals surface area contributed by atoms with E-state index in [1.165, 1.54) is 6.07 Å². The molecule has 0 saturated heterocycles. The van der Waals surface area contributed by atoms with Crippen LogP contribution < -0.4 is 5.32 Å². The Morgan fingerprint density at radius 3 is 2.73 bits per heavy atom. The van der Waals surface area contributed by atoms with E-state index in [4.69, 9.17) is 23.2 Å². The van der Waals surface area contributed by atoms with Gasteiger partial charge in [-0.15, -0.1) is 0 Å². The van der Waals surface area contributed by atoms with Crippen LogP contribution in [0.2, 0.25) is 10.0 Å². The van der Waals surface area contributed by atoms with Gasteiger partial charge in [-0.2, -0.15) is 23.7 Å². The molecule has 1 aromatic carbocycles. The molecule has 0 fully saturated rings. The van der Waals surface area contributed by atoms with Crippen molar-refractivity contribution in [3.63, 3.8) is 0 Å². The highest BCUT2D eigenvalue weighted by Crippen LogP contribution is 2.23. The quantitative estimate of drug-likeness (QED) is 0.691. The first-order valence-corrected chi connectivity index (χ1v) is 8.22. The summed E-state index contributed by atoms with van der Waals surface area (Å²) in [5.41, 5.74) is 1.30. The van der Waals surface area contributed by atoms with Crippen LogP contribution in [-0.2, 0) is 6.54 Å². The Kier molecular flexibility index (Phi) is 5.24. The summed E-state index contributed by atoms with van der Waals surface area (Å²) in [5, 5.41) is 11.2. The largest absolute Gasteiger partial charge is 0.333 e. The number of hydrogen-bond acceptors (Lipinski definition) is 3. The standard InChI is InChI=1S/C16H13Cl2F2N5O/c1-9-6-14(22-15(26)13-4-5-21-25(13)16(19)20)23-24(9)8-10-2-3-11(17)7-12(10)18/h2-7,16H,8H2,1H3,(H,22,23,26). The fourth-order valence-electron chi connectivity index (χ4n) is 2.37. The highest BCUT2D eigenvalue weighted by atomic mass is 35.5. The van der Waals surface area contributed by atoms with E-state index >= 15 is 0 Å². The maximum absolute atomic E-state index is 12.8. The smallest absolute Gasteiger partial charge is 0.304 e. The van der Waals surface area contributed by atoms with Crippen molar-refractivity contribution in [2.75, 3.05) is 5.32 Å². The molecule has 2 aromatic heterocycles. The summed E-state index contributed by atoms with van der Waals surface area (Å²) in [5.74, 6) is -0.489. The zero-order valence-electron chi connectivity index (χ0n) is 13.5. The lowest BCUT2D eigenvalue weighted by Crippen LogP contribution is -2.18. The van der Waals surface area contributed by atoms with Gasteiger partial charge in [0.2, 0.25) is 0 Å². The van der Waals surface area contributed by atoms with Crippen molar-refractivity contribution in [1.29, 1.82) is 0 Å². The minimum atomic E-state index is -2.91. The third-order valence-corrected chi connectivity index (χ3v) is 4.23. The molecule has 0 aliphatic carbocycles. The normalized spacial score (nSPS) is 11.2. The molecule has 3 rings (SSSR count). The van der Waals surface area contributed by atoms with Gasteiger partial charge >= 0.3 is 6.55 Å². The van der Waals surface area contributed by atoms with Gasteiger partial charge in [0.15, 0.2) is 5.82 Å². The molecule has 0 bridgehead atoms. The Morgan fingerprint density at radius 2 is 2.04 bits per heavy atom. The molecule has 0 unspecified atom stereocenters. The Balaban J connectivity index is 1.77. The molecular formula is C16H13Cl2F2N5O. The number of benzene rings is 1. The molecule has 136 valence electrons. The van der Waals surface area contributed by atoms with Crippen LogP contribution >= 0.6 is 23.2 Å². The summed E-state index contributed by atoms with van der Waals surface area (Å²) in [6.07, 6.45) is 1.13. The minimum absolute atomic E-state index is 0.236. The van der Waals surface area contributed by atoms with Gasteiger partial charge in [0, 0.05) is 28.0 Å². The van der Waals surface area contributed by atoms with E-state index in [9.17, 15) is 13.6 Å². The maximum Gasteiger partial charge on any atom is 0.333 e. The summed E-state index contributed by atoms with van der Waals surface area (Å²) in [6, 6.07) is 7.97. The molecule has 1 amide bonds. The SMILES string of the molecule is Cc1cc(NC(=O)c2ccnn2C(F)F)nn1Cc1ccc(Cl)cc1Cl. The molecule has 0 radical (unpaired) electrons. The van der Waals surface area contributed by atoms with E-state index in [0.717, 1.165) is 17.5 Å². The van der Waals surface area contributed by atoms with Gasteiger partial charge in [0.25, 0.3) is 5.91 Å². The predicted molar refractivity (Wildman–Crippen MR) is 94.0 cm³/mol. The number of rotatable bonds is 5. The molecule has 0 saturated carbocycles. The van der Waals surface area contributed by atoms with Gasteiger partial charge in [-0.25, -0.2) is 0 Å². The molecule has 0 spiro atoms. The molecule has 1 N–H and O–H groups in total. The number of aryl methyl sites for hydroxylation is 1. The summed E-state index contributed by atoms with van der Waals surface area (Å²) in [7, 11) is 0. The lowest BCUT2D eigenvalue weighted by Gasteiger charge is -2.07. The average Bonchev–Trinajstić information content (AvgIpc) is 3.17. The number of nitrogens with zero attached hydrogens (tertiary/aromatic N) is 4. The summed E-state index contributed by atoms with van der Waals surface area (Å²) >= 11 is 12.0. The summed E-state index contributed by atoms with van der Waals surface area (Å²) < 4.78 is 27.6. The Hall–Kier alpha value is -2.45. The molecule has 0 atom stereocenters. The Bertz CT molecular complexity index is 954. The third-order valence-electron chi connectivity index (χ3n) is 3.65. The second kappa shape index (κ2) is 7.43. The highest BCUT2D eigenvalue weighted by Gasteiger charge is 2.19. The number of alkyl halides is 2. The number of nitrogens with one attached hydrogen (secondary N) is 1. The van der Waals surface area contributed by atoms with Crippen molar-refractivity contribution < 1.29 is 13.6 Å². The molecular weight excluding hydrogens is 387 g/mol. The highest BCUT2D eigenvalue weighted by molar-refractivity contribution is 6.35. The summed E-state index contributed by atoms with van der Waals surface area (Å²) in [6.45, 7) is -0.736. The molecule has 0 aliphatic rings. The van der Waals surface area contributed by atoms with Crippen molar-refractivity contribution in [2.24, 2.45) is 0 Å². The molecule has 26 heavy (non-hydrogen) atoms. The van der Waals surface area contributed by atoms with Crippen LogP contribution in [-0.4, -0.2) is 25.5 Å². The molecule has 10 heteroatoms. The number of hydrogen-bond donors (Lipinski definition) is 1. The van der Waals surface area contributed by atoms with E-state index in [1.807, 2.05) is 0 Å². The van der Waals surface area contributed by atoms with Crippen LogP contribution in [0.5, 0.6) is 0 Å². The van der Waals surface area contributed by atoms with Crippen molar-refractivity contribution in [2.45, 2.75) is 20.0 Å². The fraction of sp³-hybridized carbons (Fsp3) is 0.188. The van der Waals surface area contributed by atoms with E-state index in [0.29, 0.717) is 21.3 Å². The zero-order chi connectivity index (χ0) is 18.8. The number of carbonyl (C=O) groups is 1. The van der Waals surface area contributed by atoms with Gasteiger partial charge in [0.1, 0.15) is 5.69 Å². The molecule has 6 nitrogen and oxygen atoms in total. The molecule has 3 aromatic rings. The van der Waals surface area contributed by atoms with Crippen LogP contribution in [0.25, 0.3) is 0 Å².